The first kappa shape index (κ1) is 13.4. The van der Waals surface area contributed by atoms with Crippen LogP contribution in [0.15, 0.2) is 10.6 Å². The maximum atomic E-state index is 11.7. The number of aromatic nitrogens is 1. The Hall–Kier alpha value is -2.05. The third-order valence-corrected chi connectivity index (χ3v) is 2.68. The maximum absolute atomic E-state index is 11.7. The fraction of sp³-hybridized carbons (Fsp3) is 0.583. The van der Waals surface area contributed by atoms with Gasteiger partial charge in [-0.05, 0) is 20.8 Å². The van der Waals surface area contributed by atoms with Gasteiger partial charge in [-0.3, -0.25) is 0 Å². The molecule has 1 fully saturated rings. The zero-order valence-corrected chi connectivity index (χ0v) is 11.0. The number of rotatable bonds is 2. The topological polar surface area (TPSA) is 92.9 Å². The molecular formula is C12H16N2O5. The minimum absolute atomic E-state index is 0.0203. The van der Waals surface area contributed by atoms with Crippen LogP contribution in [0.3, 0.4) is 0 Å². The molecule has 0 aromatic carbocycles. The maximum Gasteiger partial charge on any atom is 0.410 e. The van der Waals surface area contributed by atoms with E-state index in [2.05, 4.69) is 5.16 Å². The van der Waals surface area contributed by atoms with Crippen LogP contribution in [0.4, 0.5) is 4.79 Å². The summed E-state index contributed by atoms with van der Waals surface area (Å²) >= 11 is 0. The van der Waals surface area contributed by atoms with E-state index in [-0.39, 0.29) is 17.7 Å². The predicted octanol–water partition coefficient (Wildman–Crippen LogP) is 1.71. The van der Waals surface area contributed by atoms with Crippen LogP contribution < -0.4 is 0 Å². The van der Waals surface area contributed by atoms with Crippen LogP contribution in [0.25, 0.3) is 0 Å². The second-order valence-corrected chi connectivity index (χ2v) is 5.50. The van der Waals surface area contributed by atoms with Crippen molar-refractivity contribution in [3.05, 3.63) is 17.5 Å². The minimum atomic E-state index is -1.13. The first-order valence-electron chi connectivity index (χ1n) is 5.94. The summed E-state index contributed by atoms with van der Waals surface area (Å²) in [6.07, 6.45) is -0.373. The van der Waals surface area contributed by atoms with E-state index >= 15 is 0 Å². The molecule has 104 valence electrons. The highest BCUT2D eigenvalue weighted by atomic mass is 16.6. The summed E-state index contributed by atoms with van der Waals surface area (Å²) in [5.74, 6) is -0.663. The molecule has 2 rings (SSSR count). The Morgan fingerprint density at radius 3 is 2.58 bits per heavy atom. The van der Waals surface area contributed by atoms with Gasteiger partial charge in [-0.1, -0.05) is 5.16 Å². The van der Waals surface area contributed by atoms with Crippen molar-refractivity contribution in [2.45, 2.75) is 32.3 Å². The van der Waals surface area contributed by atoms with E-state index in [1.165, 1.54) is 6.07 Å². The highest BCUT2D eigenvalue weighted by Gasteiger charge is 2.37. The molecule has 1 aromatic heterocycles. The average Bonchev–Trinajstić information content (AvgIpc) is 2.61. The predicted molar refractivity (Wildman–Crippen MR) is 64.0 cm³/mol. The van der Waals surface area contributed by atoms with Gasteiger partial charge in [0.2, 0.25) is 0 Å². The van der Waals surface area contributed by atoms with Crippen LogP contribution in [-0.4, -0.2) is 45.9 Å². The summed E-state index contributed by atoms with van der Waals surface area (Å²) in [5.41, 5.74) is -0.643. The van der Waals surface area contributed by atoms with E-state index in [9.17, 15) is 9.59 Å². The molecule has 1 amide bonds. The van der Waals surface area contributed by atoms with Gasteiger partial charge in [0.1, 0.15) is 11.4 Å². The molecule has 0 aliphatic carbocycles. The van der Waals surface area contributed by atoms with Crippen LogP contribution in [0.2, 0.25) is 0 Å². The zero-order valence-electron chi connectivity index (χ0n) is 11.0. The number of carbonyl (C=O) groups excluding carboxylic acids is 1. The van der Waals surface area contributed by atoms with Gasteiger partial charge >= 0.3 is 12.1 Å². The van der Waals surface area contributed by atoms with Gasteiger partial charge < -0.3 is 19.3 Å². The Labute approximate surface area is 110 Å². The van der Waals surface area contributed by atoms with Crippen LogP contribution in [0.1, 0.15) is 42.9 Å². The van der Waals surface area contributed by atoms with E-state index in [4.69, 9.17) is 14.4 Å². The van der Waals surface area contributed by atoms with Crippen molar-refractivity contribution in [2.24, 2.45) is 0 Å². The monoisotopic (exact) mass is 268 g/mol. The Kier molecular flexibility index (Phi) is 3.21. The number of hydrogen-bond donors (Lipinski definition) is 1. The molecule has 1 saturated heterocycles. The number of amides is 1. The summed E-state index contributed by atoms with van der Waals surface area (Å²) in [7, 11) is 0. The molecule has 0 bridgehead atoms. The molecule has 19 heavy (non-hydrogen) atoms. The van der Waals surface area contributed by atoms with E-state index in [1.54, 1.807) is 25.7 Å². The van der Waals surface area contributed by atoms with E-state index in [0.29, 0.717) is 18.8 Å². The molecule has 7 heteroatoms. The van der Waals surface area contributed by atoms with Crippen LogP contribution >= 0.6 is 0 Å². The average molecular weight is 268 g/mol. The fourth-order valence-corrected chi connectivity index (χ4v) is 1.72. The van der Waals surface area contributed by atoms with Crippen LogP contribution in [0.5, 0.6) is 0 Å². The SMILES string of the molecule is CC(C)(C)OC(=O)N1CC(c2cc(C(=O)O)no2)C1. The standard InChI is InChI=1S/C12H16N2O5/c1-12(2,3)18-11(17)14-5-7(6-14)9-4-8(10(15)16)13-19-9/h4,7H,5-6H2,1-3H3,(H,15,16). The fourth-order valence-electron chi connectivity index (χ4n) is 1.72. The summed E-state index contributed by atoms with van der Waals surface area (Å²) in [6, 6.07) is 1.39. The van der Waals surface area contributed by atoms with Gasteiger partial charge in [-0.25, -0.2) is 9.59 Å². The molecule has 0 radical (unpaired) electrons. The molecular weight excluding hydrogens is 252 g/mol. The summed E-state index contributed by atoms with van der Waals surface area (Å²) in [5, 5.41) is 12.2. The summed E-state index contributed by atoms with van der Waals surface area (Å²) in [4.78, 5) is 23.9. The molecule has 0 spiro atoms. The van der Waals surface area contributed by atoms with Crippen LogP contribution in [-0.2, 0) is 4.74 Å². The Morgan fingerprint density at radius 2 is 2.11 bits per heavy atom. The minimum Gasteiger partial charge on any atom is -0.476 e. The number of hydrogen-bond acceptors (Lipinski definition) is 5. The number of carbonyl (C=O) groups is 2. The normalized spacial score (nSPS) is 16.1. The highest BCUT2D eigenvalue weighted by Crippen LogP contribution is 2.28. The second kappa shape index (κ2) is 4.56. The second-order valence-electron chi connectivity index (χ2n) is 5.50. The van der Waals surface area contributed by atoms with Gasteiger partial charge in [0.05, 0.1) is 5.92 Å². The van der Waals surface area contributed by atoms with Crippen LogP contribution in [0, 0.1) is 0 Å². The van der Waals surface area contributed by atoms with Crippen molar-refractivity contribution >= 4 is 12.1 Å². The van der Waals surface area contributed by atoms with Gasteiger partial charge in [-0.15, -0.1) is 0 Å². The number of carboxylic acid groups (broad SMARTS) is 1. The molecule has 1 N–H and O–H groups in total. The Bertz CT molecular complexity index is 496. The number of likely N-dealkylation sites (tertiary alicyclic amines) is 1. The Balaban J connectivity index is 1.89. The first-order chi connectivity index (χ1) is 8.76. The van der Waals surface area contributed by atoms with Crippen molar-refractivity contribution in [3.8, 4) is 0 Å². The van der Waals surface area contributed by atoms with E-state index < -0.39 is 11.6 Å². The Morgan fingerprint density at radius 1 is 1.47 bits per heavy atom. The molecule has 0 atom stereocenters. The number of nitrogens with zero attached hydrogens (tertiary/aromatic N) is 2. The van der Waals surface area contributed by atoms with Gasteiger partial charge in [0.15, 0.2) is 5.69 Å². The molecule has 1 aliphatic rings. The zero-order chi connectivity index (χ0) is 14.2. The lowest BCUT2D eigenvalue weighted by atomic mass is 9.97. The van der Waals surface area contributed by atoms with Crippen molar-refractivity contribution in [1.29, 1.82) is 0 Å². The van der Waals surface area contributed by atoms with Crippen molar-refractivity contribution < 1.29 is 24.0 Å². The van der Waals surface area contributed by atoms with Crippen molar-refractivity contribution in [3.63, 3.8) is 0 Å². The lowest BCUT2D eigenvalue weighted by Gasteiger charge is -2.38. The number of ether oxygens (including phenoxy) is 1. The number of carboxylic acids is 1. The van der Waals surface area contributed by atoms with Gasteiger partial charge in [0, 0.05) is 19.2 Å². The molecule has 1 aliphatic heterocycles. The van der Waals surface area contributed by atoms with Gasteiger partial charge in [-0.2, -0.15) is 0 Å². The molecule has 7 nitrogen and oxygen atoms in total. The summed E-state index contributed by atoms with van der Waals surface area (Å²) < 4.78 is 10.2. The molecule has 2 heterocycles. The third-order valence-electron chi connectivity index (χ3n) is 2.68. The summed E-state index contributed by atoms with van der Waals surface area (Å²) in [6.45, 7) is 6.31. The highest BCUT2D eigenvalue weighted by molar-refractivity contribution is 5.85. The quantitative estimate of drug-likeness (QED) is 0.877. The molecule has 0 unspecified atom stereocenters. The third kappa shape index (κ3) is 3.04. The number of aromatic carboxylic acids is 1. The lowest BCUT2D eigenvalue weighted by Crippen LogP contribution is -2.50. The lowest BCUT2D eigenvalue weighted by molar-refractivity contribution is 0.00605. The van der Waals surface area contributed by atoms with Crippen molar-refractivity contribution in [1.82, 2.24) is 10.1 Å². The van der Waals surface area contributed by atoms with E-state index in [1.807, 2.05) is 0 Å². The smallest absolute Gasteiger partial charge is 0.410 e. The van der Waals surface area contributed by atoms with Gasteiger partial charge in [0.25, 0.3) is 0 Å². The molecule has 1 aromatic rings. The molecule has 0 saturated carbocycles. The largest absolute Gasteiger partial charge is 0.476 e. The van der Waals surface area contributed by atoms with Crippen molar-refractivity contribution in [2.75, 3.05) is 13.1 Å². The first-order valence-corrected chi connectivity index (χ1v) is 5.94. The van der Waals surface area contributed by atoms with E-state index in [0.717, 1.165) is 0 Å².